The molecule has 4 heterocycles. The predicted octanol–water partition coefficient (Wildman–Crippen LogP) is 14.1. The second kappa shape index (κ2) is 11.4. The Morgan fingerprint density at radius 1 is 0.610 bits per heavy atom. The van der Waals surface area contributed by atoms with E-state index in [1.54, 1.807) is 5.56 Å². The van der Waals surface area contributed by atoms with Crippen molar-refractivity contribution in [1.82, 2.24) is 0 Å². The van der Waals surface area contributed by atoms with Gasteiger partial charge in [-0.25, -0.2) is 0 Å². The second-order valence-corrected chi connectivity index (χ2v) is 23.0. The van der Waals surface area contributed by atoms with Crippen molar-refractivity contribution in [3.05, 3.63) is 119 Å². The van der Waals surface area contributed by atoms with Crippen LogP contribution in [0.3, 0.4) is 0 Å². The molecule has 12 rings (SSSR count). The fourth-order valence-corrected chi connectivity index (χ4v) is 14.0. The summed E-state index contributed by atoms with van der Waals surface area (Å²) in [6.45, 7) is 24.9. The molecule has 0 bridgehead atoms. The number of fused-ring (bicyclic) bond motifs is 13. The maximum atomic E-state index is 2.94. The standard InChI is InChI=1S/C55H57BN2S/c1-32-25-40-41(53(7,8)24-23-52(40,5)6)31-44(32)58-45-29-38-36-19-13-14-20-46(36)59-47(38)30-37(45)39-26-33-17-11-12-18-35(33)49-48(39)56(58)43-28-34(51(2,3)4)27-42-50(43)57(49)55(10)22-16-15-21-54(42,55)9/h11-14,17-20,25-31H,15-16,21-24H2,1-10H3. The third-order valence-corrected chi connectivity index (χ3v) is 17.8. The molecule has 2 aliphatic carbocycles. The minimum Gasteiger partial charge on any atom is -0.376 e. The van der Waals surface area contributed by atoms with Crippen molar-refractivity contribution in [3.8, 4) is 11.1 Å². The number of thiophene rings is 1. The maximum absolute atomic E-state index is 2.94. The normalized spacial score (nSPS) is 23.3. The lowest BCUT2D eigenvalue weighted by atomic mass is 9.42. The third kappa shape index (κ3) is 4.55. The Balaban J connectivity index is 1.28. The van der Waals surface area contributed by atoms with E-state index < -0.39 is 0 Å². The number of hydrogen-bond donors (Lipinski definition) is 0. The Kier molecular flexibility index (Phi) is 7.04. The quantitative estimate of drug-likeness (QED) is 0.153. The summed E-state index contributed by atoms with van der Waals surface area (Å²) in [5.74, 6) is 0. The molecule has 4 heteroatoms. The van der Waals surface area contributed by atoms with Crippen LogP contribution in [0.5, 0.6) is 0 Å². The molecular formula is C55H57BN2S. The zero-order valence-corrected chi connectivity index (χ0v) is 37.6. The summed E-state index contributed by atoms with van der Waals surface area (Å²) in [6.07, 6.45) is 7.39. The van der Waals surface area contributed by atoms with Gasteiger partial charge in [0.2, 0.25) is 0 Å². The van der Waals surface area contributed by atoms with Gasteiger partial charge in [0.15, 0.2) is 0 Å². The van der Waals surface area contributed by atoms with E-state index in [2.05, 4.69) is 170 Å². The number of hydrogen-bond acceptors (Lipinski definition) is 3. The van der Waals surface area contributed by atoms with Gasteiger partial charge in [0.25, 0.3) is 0 Å². The van der Waals surface area contributed by atoms with Crippen molar-refractivity contribution in [2.45, 2.75) is 135 Å². The molecule has 2 atom stereocenters. The molecule has 7 aromatic rings. The van der Waals surface area contributed by atoms with E-state index in [4.69, 9.17) is 0 Å². The molecular weight excluding hydrogens is 731 g/mol. The van der Waals surface area contributed by atoms with E-state index in [0.29, 0.717) is 0 Å². The lowest BCUT2D eigenvalue weighted by Crippen LogP contribution is -2.65. The summed E-state index contributed by atoms with van der Waals surface area (Å²) in [7, 11) is 0. The highest BCUT2D eigenvalue weighted by Crippen LogP contribution is 2.64. The van der Waals surface area contributed by atoms with Gasteiger partial charge in [-0.2, -0.15) is 0 Å². The Morgan fingerprint density at radius 3 is 2.07 bits per heavy atom. The second-order valence-electron chi connectivity index (χ2n) is 22.0. The van der Waals surface area contributed by atoms with E-state index in [1.165, 1.54) is 137 Å². The number of benzene rings is 6. The first-order valence-corrected chi connectivity index (χ1v) is 23.3. The minimum atomic E-state index is -0.0421. The monoisotopic (exact) mass is 788 g/mol. The largest absolute Gasteiger partial charge is 0.376 e. The minimum absolute atomic E-state index is 0.00335. The average Bonchev–Trinajstić information content (AvgIpc) is 3.66. The van der Waals surface area contributed by atoms with Gasteiger partial charge in [0, 0.05) is 59.3 Å². The molecule has 0 saturated heterocycles. The summed E-state index contributed by atoms with van der Waals surface area (Å²) >= 11 is 1.95. The van der Waals surface area contributed by atoms with Crippen LogP contribution in [0.4, 0.5) is 22.7 Å². The lowest BCUT2D eigenvalue weighted by Gasteiger charge is -2.53. The molecule has 3 aliphatic heterocycles. The van der Waals surface area contributed by atoms with Crippen LogP contribution in [-0.2, 0) is 21.7 Å². The smallest absolute Gasteiger partial charge is 0.333 e. The number of anilines is 4. The van der Waals surface area contributed by atoms with Gasteiger partial charge in [-0.3, -0.25) is 0 Å². The number of aryl methyl sites for hydroxylation is 1. The zero-order valence-electron chi connectivity index (χ0n) is 36.8. The first kappa shape index (κ1) is 36.3. The van der Waals surface area contributed by atoms with Crippen LogP contribution in [0.15, 0.2) is 91.0 Å². The lowest BCUT2D eigenvalue weighted by molar-refractivity contribution is 0.195. The number of rotatable bonds is 1. The molecule has 0 amide bonds. The van der Waals surface area contributed by atoms with Gasteiger partial charge in [0.05, 0.1) is 5.54 Å². The van der Waals surface area contributed by atoms with Gasteiger partial charge in [-0.1, -0.05) is 129 Å². The summed E-state index contributed by atoms with van der Waals surface area (Å²) in [5.41, 5.74) is 19.1. The molecule has 5 aliphatic rings. The molecule has 296 valence electrons. The Labute approximate surface area is 355 Å². The first-order chi connectivity index (χ1) is 28.0. The van der Waals surface area contributed by atoms with Crippen LogP contribution >= 0.6 is 11.3 Å². The van der Waals surface area contributed by atoms with Crippen molar-refractivity contribution in [2.75, 3.05) is 9.71 Å². The highest BCUT2D eigenvalue weighted by molar-refractivity contribution is 7.25. The summed E-state index contributed by atoms with van der Waals surface area (Å²) in [5, 5.41) is 5.46. The predicted molar refractivity (Wildman–Crippen MR) is 257 cm³/mol. The highest BCUT2D eigenvalue weighted by atomic mass is 32.1. The molecule has 6 aromatic carbocycles. The van der Waals surface area contributed by atoms with Crippen molar-refractivity contribution in [1.29, 1.82) is 0 Å². The van der Waals surface area contributed by atoms with Gasteiger partial charge in [0.1, 0.15) is 0 Å². The molecule has 1 aromatic heterocycles. The summed E-state index contributed by atoms with van der Waals surface area (Å²) in [4.78, 5) is 5.80. The zero-order chi connectivity index (χ0) is 40.8. The molecule has 0 N–H and O–H groups in total. The first-order valence-electron chi connectivity index (χ1n) is 22.5. The van der Waals surface area contributed by atoms with Crippen LogP contribution in [0, 0.1) is 6.92 Å². The Hall–Kier alpha value is -4.54. The highest BCUT2D eigenvalue weighted by Gasteiger charge is 2.62. The van der Waals surface area contributed by atoms with Crippen LogP contribution in [0.1, 0.15) is 129 Å². The van der Waals surface area contributed by atoms with Crippen molar-refractivity contribution in [2.24, 2.45) is 0 Å². The van der Waals surface area contributed by atoms with Crippen LogP contribution < -0.4 is 20.6 Å². The SMILES string of the molecule is Cc1cc2c(cc1N1B3c4cc(C(C)(C)C)cc5c4N(c4c3c(cc3ccccc43)-c3cc4sc6ccccc6c4cc31)C1(C)CCCCC51C)C(C)(C)CCC2(C)C. The topological polar surface area (TPSA) is 6.48 Å². The fourth-order valence-electron chi connectivity index (χ4n) is 12.9. The third-order valence-electron chi connectivity index (χ3n) is 16.7. The number of nitrogens with zero attached hydrogens (tertiary/aromatic N) is 2. The molecule has 0 radical (unpaired) electrons. The van der Waals surface area contributed by atoms with Gasteiger partial charge in [-0.05, 0) is 136 Å². The summed E-state index contributed by atoms with van der Waals surface area (Å²) < 4.78 is 2.73. The molecule has 1 saturated carbocycles. The van der Waals surface area contributed by atoms with Gasteiger partial charge >= 0.3 is 6.85 Å². The van der Waals surface area contributed by atoms with Crippen LogP contribution in [0.2, 0.25) is 0 Å². The van der Waals surface area contributed by atoms with E-state index >= 15 is 0 Å². The van der Waals surface area contributed by atoms with Gasteiger partial charge < -0.3 is 9.71 Å². The molecule has 1 fully saturated rings. The van der Waals surface area contributed by atoms with Gasteiger partial charge in [-0.15, -0.1) is 11.3 Å². The fraction of sp³-hybridized carbons (Fsp3) is 0.382. The van der Waals surface area contributed by atoms with Crippen LogP contribution in [0.25, 0.3) is 42.1 Å². The average molecular weight is 789 g/mol. The molecule has 2 nitrogen and oxygen atoms in total. The van der Waals surface area contributed by atoms with E-state index in [0.717, 1.165) is 0 Å². The van der Waals surface area contributed by atoms with Crippen molar-refractivity contribution in [3.63, 3.8) is 0 Å². The molecule has 2 unspecified atom stereocenters. The van der Waals surface area contributed by atoms with E-state index in [1.807, 2.05) is 11.3 Å². The Bertz CT molecular complexity index is 3010. The van der Waals surface area contributed by atoms with E-state index in [9.17, 15) is 0 Å². The molecule has 0 spiro atoms. The Morgan fingerprint density at radius 2 is 1.31 bits per heavy atom. The van der Waals surface area contributed by atoms with Crippen molar-refractivity contribution < 1.29 is 0 Å². The van der Waals surface area contributed by atoms with Crippen LogP contribution in [-0.4, -0.2) is 12.4 Å². The van der Waals surface area contributed by atoms with E-state index in [-0.39, 0.29) is 34.0 Å². The maximum Gasteiger partial charge on any atom is 0.333 e. The molecule has 59 heavy (non-hydrogen) atoms. The van der Waals surface area contributed by atoms with Crippen molar-refractivity contribution >= 4 is 82.8 Å². The summed E-state index contributed by atoms with van der Waals surface area (Å²) in [6, 6.07) is 36.7.